The summed E-state index contributed by atoms with van der Waals surface area (Å²) in [5.74, 6) is 0.240. The molecule has 2 heterocycles. The minimum atomic E-state index is -3.93. The van der Waals surface area contributed by atoms with Gasteiger partial charge in [-0.05, 0) is 72.8 Å². The van der Waals surface area contributed by atoms with Gasteiger partial charge in [0, 0.05) is 16.8 Å². The topological polar surface area (TPSA) is 165 Å². The van der Waals surface area contributed by atoms with E-state index in [1.54, 1.807) is 60.7 Å². The van der Waals surface area contributed by atoms with Gasteiger partial charge in [-0.15, -0.1) is 4.91 Å². The SMILES string of the molecule is Cc1ccc(S(=O)(=O)n2cnc3c(-c4cc(-c5ccc(NC(=O)Oc6ccc(N=O)cc6)cc5)n[nH]c4=O)cccc32)cc1. The second-order valence-electron chi connectivity index (χ2n) is 9.70. The Kier molecular flexibility index (Phi) is 7.29. The smallest absolute Gasteiger partial charge is 0.410 e. The fourth-order valence-corrected chi connectivity index (χ4v) is 5.84. The molecular formula is C31H22N6O6S. The molecule has 4 aromatic carbocycles. The van der Waals surface area contributed by atoms with Crippen molar-refractivity contribution in [3.63, 3.8) is 0 Å². The maximum atomic E-state index is 13.4. The molecule has 0 saturated carbocycles. The number of ether oxygens (including phenoxy) is 1. The number of hydrogen-bond acceptors (Lipinski definition) is 9. The monoisotopic (exact) mass is 606 g/mol. The largest absolute Gasteiger partial charge is 0.417 e. The number of benzene rings is 4. The Balaban J connectivity index is 1.26. The van der Waals surface area contributed by atoms with E-state index in [-0.39, 0.29) is 21.9 Å². The Morgan fingerprint density at radius 3 is 2.36 bits per heavy atom. The molecule has 0 bridgehead atoms. The van der Waals surface area contributed by atoms with Crippen molar-refractivity contribution >= 4 is 38.5 Å². The van der Waals surface area contributed by atoms with Crippen LogP contribution >= 0.6 is 0 Å². The van der Waals surface area contributed by atoms with Crippen LogP contribution in [0.1, 0.15) is 5.56 Å². The normalized spacial score (nSPS) is 11.3. The van der Waals surface area contributed by atoms with Crippen molar-refractivity contribution in [2.45, 2.75) is 11.8 Å². The van der Waals surface area contributed by atoms with Crippen LogP contribution in [0.25, 0.3) is 33.4 Å². The van der Waals surface area contributed by atoms with E-state index in [0.29, 0.717) is 33.5 Å². The van der Waals surface area contributed by atoms with Gasteiger partial charge in [0.2, 0.25) is 0 Å². The van der Waals surface area contributed by atoms with Crippen molar-refractivity contribution in [1.82, 2.24) is 19.2 Å². The number of aryl methyl sites for hydroxylation is 1. The lowest BCUT2D eigenvalue weighted by molar-refractivity contribution is 0.215. The first-order chi connectivity index (χ1) is 21.2. The van der Waals surface area contributed by atoms with Crippen molar-refractivity contribution in [1.29, 1.82) is 0 Å². The maximum Gasteiger partial charge on any atom is 0.417 e. The van der Waals surface area contributed by atoms with Crippen LogP contribution in [0.3, 0.4) is 0 Å². The molecule has 6 rings (SSSR count). The quantitative estimate of drug-likeness (QED) is 0.209. The Morgan fingerprint density at radius 1 is 0.932 bits per heavy atom. The average molecular weight is 607 g/mol. The third-order valence-corrected chi connectivity index (χ3v) is 8.47. The van der Waals surface area contributed by atoms with Crippen molar-refractivity contribution < 1.29 is 17.9 Å². The lowest BCUT2D eigenvalue weighted by Gasteiger charge is -2.09. The van der Waals surface area contributed by atoms with Crippen LogP contribution in [-0.4, -0.2) is 33.7 Å². The summed E-state index contributed by atoms with van der Waals surface area (Å²) in [6.45, 7) is 1.87. The van der Waals surface area contributed by atoms with E-state index in [0.717, 1.165) is 9.54 Å². The number of carbonyl (C=O) groups excluding carboxylic acids is 1. The van der Waals surface area contributed by atoms with E-state index in [4.69, 9.17) is 4.74 Å². The molecule has 13 heteroatoms. The summed E-state index contributed by atoms with van der Waals surface area (Å²) in [6.07, 6.45) is 0.499. The highest BCUT2D eigenvalue weighted by Crippen LogP contribution is 2.30. The van der Waals surface area contributed by atoms with Gasteiger partial charge >= 0.3 is 6.09 Å². The van der Waals surface area contributed by atoms with Gasteiger partial charge in [0.15, 0.2) is 0 Å². The third kappa shape index (κ3) is 5.46. The van der Waals surface area contributed by atoms with Crippen LogP contribution in [0, 0.1) is 11.8 Å². The van der Waals surface area contributed by atoms with Gasteiger partial charge in [-0.2, -0.15) is 5.10 Å². The lowest BCUT2D eigenvalue weighted by atomic mass is 10.0. The van der Waals surface area contributed by atoms with Gasteiger partial charge in [0.05, 0.1) is 27.2 Å². The molecule has 6 aromatic rings. The van der Waals surface area contributed by atoms with E-state index in [1.165, 1.54) is 42.7 Å². The highest BCUT2D eigenvalue weighted by molar-refractivity contribution is 7.90. The molecule has 1 amide bonds. The van der Waals surface area contributed by atoms with Crippen LogP contribution in [-0.2, 0) is 10.0 Å². The minimum absolute atomic E-state index is 0.119. The van der Waals surface area contributed by atoms with E-state index in [9.17, 15) is 22.9 Å². The van der Waals surface area contributed by atoms with Gasteiger partial charge in [0.1, 0.15) is 17.8 Å². The number of imidazole rings is 1. The molecule has 12 nitrogen and oxygen atoms in total. The predicted octanol–water partition coefficient (Wildman–Crippen LogP) is 6.01. The van der Waals surface area contributed by atoms with Crippen molar-refractivity contribution in [3.05, 3.63) is 124 Å². The molecule has 0 spiro atoms. The number of nitroso groups, excluding NO2 is 1. The lowest BCUT2D eigenvalue weighted by Crippen LogP contribution is -2.16. The number of aromatic amines is 1. The van der Waals surface area contributed by atoms with Gasteiger partial charge in [-0.1, -0.05) is 42.0 Å². The average Bonchev–Trinajstić information content (AvgIpc) is 3.48. The summed E-state index contributed by atoms with van der Waals surface area (Å²) in [5, 5.41) is 12.1. The summed E-state index contributed by atoms with van der Waals surface area (Å²) in [6, 6.07) is 25.5. The predicted molar refractivity (Wildman–Crippen MR) is 164 cm³/mol. The Bertz CT molecular complexity index is 2190. The number of anilines is 1. The van der Waals surface area contributed by atoms with E-state index in [1.807, 2.05) is 6.92 Å². The van der Waals surface area contributed by atoms with Crippen molar-refractivity contribution in [3.8, 4) is 28.1 Å². The highest BCUT2D eigenvalue weighted by Gasteiger charge is 2.22. The number of amides is 1. The number of para-hydroxylation sites is 1. The molecule has 218 valence electrons. The second-order valence-corrected chi connectivity index (χ2v) is 11.5. The van der Waals surface area contributed by atoms with Crippen molar-refractivity contribution in [2.75, 3.05) is 5.32 Å². The number of H-pyrrole nitrogens is 1. The Hall–Kier alpha value is -5.95. The van der Waals surface area contributed by atoms with Crippen LogP contribution in [0.5, 0.6) is 5.75 Å². The summed E-state index contributed by atoms with van der Waals surface area (Å²) in [4.78, 5) is 40.2. The molecule has 0 unspecified atom stereocenters. The number of aromatic nitrogens is 4. The zero-order valence-electron chi connectivity index (χ0n) is 23.0. The molecule has 0 aliphatic carbocycles. The fourth-order valence-electron chi connectivity index (χ4n) is 4.55. The van der Waals surface area contributed by atoms with Crippen LogP contribution in [0.4, 0.5) is 16.2 Å². The van der Waals surface area contributed by atoms with Gasteiger partial charge in [-0.25, -0.2) is 27.3 Å². The standard InChI is InChI=1S/C31H22N6O6S/c1-19-5-15-24(16-6-19)44(41,42)37-18-32-29-25(3-2-4-28(29)37)26-17-27(34-35-30(26)38)20-7-9-21(10-8-20)33-31(39)43-23-13-11-22(36-40)12-14-23/h2-18H,1H3,(H,33,39)(H,35,38). The number of nitrogens with zero attached hydrogens (tertiary/aromatic N) is 4. The first kappa shape index (κ1) is 28.2. The molecule has 0 radical (unpaired) electrons. The number of carbonyl (C=O) groups is 1. The molecular weight excluding hydrogens is 584 g/mol. The first-order valence-electron chi connectivity index (χ1n) is 13.1. The summed E-state index contributed by atoms with van der Waals surface area (Å²) in [5.41, 5.74) is 3.52. The van der Waals surface area contributed by atoms with Crippen LogP contribution in [0.2, 0.25) is 0 Å². The molecule has 2 aromatic heterocycles. The third-order valence-electron chi connectivity index (χ3n) is 6.80. The summed E-state index contributed by atoms with van der Waals surface area (Å²) in [7, 11) is -3.93. The highest BCUT2D eigenvalue weighted by atomic mass is 32.2. The molecule has 0 atom stereocenters. The molecule has 0 fully saturated rings. The zero-order chi connectivity index (χ0) is 30.8. The molecule has 44 heavy (non-hydrogen) atoms. The Labute approximate surface area is 250 Å². The fraction of sp³-hybridized carbons (Fsp3) is 0.0323. The van der Waals surface area contributed by atoms with Gasteiger partial charge < -0.3 is 4.74 Å². The first-order valence-corrected chi connectivity index (χ1v) is 14.6. The maximum absolute atomic E-state index is 13.4. The summed E-state index contributed by atoms with van der Waals surface area (Å²) < 4.78 is 33.1. The van der Waals surface area contributed by atoms with Crippen LogP contribution in [0.15, 0.2) is 118 Å². The van der Waals surface area contributed by atoms with Gasteiger partial charge in [-0.3, -0.25) is 10.1 Å². The molecule has 0 aliphatic rings. The van der Waals surface area contributed by atoms with E-state index >= 15 is 0 Å². The van der Waals surface area contributed by atoms with Crippen LogP contribution < -0.4 is 15.6 Å². The molecule has 2 N–H and O–H groups in total. The molecule has 0 saturated heterocycles. The van der Waals surface area contributed by atoms with E-state index in [2.05, 4.69) is 25.7 Å². The number of nitrogens with one attached hydrogen (secondary N) is 2. The second kappa shape index (κ2) is 11.4. The van der Waals surface area contributed by atoms with Gasteiger partial charge in [0.25, 0.3) is 15.6 Å². The zero-order valence-corrected chi connectivity index (χ0v) is 23.8. The Morgan fingerprint density at radius 2 is 1.66 bits per heavy atom. The number of hydrogen-bond donors (Lipinski definition) is 2. The number of fused-ring (bicyclic) bond motifs is 1. The molecule has 0 aliphatic heterocycles. The summed E-state index contributed by atoms with van der Waals surface area (Å²) >= 11 is 0. The number of rotatable bonds is 7. The van der Waals surface area contributed by atoms with E-state index < -0.39 is 21.7 Å². The minimum Gasteiger partial charge on any atom is -0.410 e. The van der Waals surface area contributed by atoms with Crippen molar-refractivity contribution in [2.24, 2.45) is 5.18 Å².